The zero-order chi connectivity index (χ0) is 21.0. The molecule has 1 N–H and O–H groups in total. The lowest BCUT2D eigenvalue weighted by atomic mass is 10.1. The van der Waals surface area contributed by atoms with Crippen LogP contribution in [0.25, 0.3) is 10.8 Å². The smallest absolute Gasteiger partial charge is 0.261 e. The van der Waals surface area contributed by atoms with Crippen LogP contribution >= 0.6 is 0 Å². The number of carbonyl (C=O) groups is 1. The summed E-state index contributed by atoms with van der Waals surface area (Å²) in [7, 11) is -3.25. The molecule has 5 nitrogen and oxygen atoms in total. The molecule has 6 heteroatoms. The summed E-state index contributed by atoms with van der Waals surface area (Å²) in [5, 5.41) is 4.98. The molecule has 29 heavy (non-hydrogen) atoms. The Morgan fingerprint density at radius 2 is 1.66 bits per heavy atom. The lowest BCUT2D eigenvalue weighted by Crippen LogP contribution is -2.39. The number of hydrogen-bond acceptors (Lipinski definition) is 4. The van der Waals surface area contributed by atoms with E-state index in [1.807, 2.05) is 56.3 Å². The molecule has 2 atom stereocenters. The zero-order valence-electron chi connectivity index (χ0n) is 16.8. The fraction of sp³-hybridized carbons (Fsp3) is 0.261. The Kier molecular flexibility index (Phi) is 6.23. The lowest BCUT2D eigenvalue weighted by Gasteiger charge is -2.21. The van der Waals surface area contributed by atoms with E-state index in [9.17, 15) is 13.2 Å². The van der Waals surface area contributed by atoms with Gasteiger partial charge in [0.05, 0.1) is 10.9 Å². The van der Waals surface area contributed by atoms with Gasteiger partial charge in [-0.1, -0.05) is 55.5 Å². The molecule has 0 bridgehead atoms. The molecule has 0 heterocycles. The Bertz CT molecular complexity index is 1100. The highest BCUT2D eigenvalue weighted by atomic mass is 32.2. The molecule has 3 rings (SSSR count). The van der Waals surface area contributed by atoms with Gasteiger partial charge < -0.3 is 10.1 Å². The molecule has 0 fully saturated rings. The second kappa shape index (κ2) is 8.66. The van der Waals surface area contributed by atoms with Gasteiger partial charge in [-0.25, -0.2) is 8.42 Å². The van der Waals surface area contributed by atoms with Crippen molar-refractivity contribution in [2.75, 3.05) is 6.26 Å². The van der Waals surface area contributed by atoms with Crippen LogP contribution in [0.2, 0.25) is 0 Å². The van der Waals surface area contributed by atoms with E-state index in [-0.39, 0.29) is 16.8 Å². The third-order valence-electron chi connectivity index (χ3n) is 4.85. The Labute approximate surface area is 171 Å². The molecule has 0 saturated carbocycles. The van der Waals surface area contributed by atoms with Crippen molar-refractivity contribution in [3.63, 3.8) is 0 Å². The van der Waals surface area contributed by atoms with E-state index >= 15 is 0 Å². The van der Waals surface area contributed by atoms with Crippen molar-refractivity contribution in [1.82, 2.24) is 5.32 Å². The molecule has 152 valence electrons. The molecule has 0 aliphatic heterocycles. The highest BCUT2D eigenvalue weighted by Crippen LogP contribution is 2.27. The van der Waals surface area contributed by atoms with Crippen molar-refractivity contribution in [3.05, 3.63) is 72.3 Å². The largest absolute Gasteiger partial charge is 0.480 e. The van der Waals surface area contributed by atoms with Gasteiger partial charge in [0, 0.05) is 11.6 Å². The SMILES string of the molecule is CC[C@H](Oc1cccc2ccccc12)C(=O)N[C@@H](C)c1ccc(S(C)(=O)=O)cc1. The standard InChI is InChI=1S/C23H25NO4S/c1-4-21(28-22-11-7-9-18-8-5-6-10-20(18)22)23(25)24-16(2)17-12-14-19(15-13-17)29(3,26)27/h5-16,21H,4H2,1-3H3,(H,24,25)/t16-,21-/m0/s1. The molecular weight excluding hydrogens is 386 g/mol. The van der Waals surface area contributed by atoms with Crippen LogP contribution < -0.4 is 10.1 Å². The molecule has 0 saturated heterocycles. The molecule has 0 aliphatic rings. The summed E-state index contributed by atoms with van der Waals surface area (Å²) in [4.78, 5) is 13.0. The highest BCUT2D eigenvalue weighted by Gasteiger charge is 2.21. The number of fused-ring (bicyclic) bond motifs is 1. The number of hydrogen-bond donors (Lipinski definition) is 1. The first-order valence-corrected chi connectivity index (χ1v) is 11.4. The summed E-state index contributed by atoms with van der Waals surface area (Å²) in [5.41, 5.74) is 0.825. The van der Waals surface area contributed by atoms with E-state index in [0.29, 0.717) is 12.2 Å². The number of benzene rings is 3. The maximum Gasteiger partial charge on any atom is 0.261 e. The first-order valence-electron chi connectivity index (χ1n) is 9.54. The van der Waals surface area contributed by atoms with Gasteiger partial charge in [-0.05, 0) is 42.5 Å². The van der Waals surface area contributed by atoms with Gasteiger partial charge in [-0.2, -0.15) is 0 Å². The fourth-order valence-corrected chi connectivity index (χ4v) is 3.80. The van der Waals surface area contributed by atoms with Crippen LogP contribution in [0, 0.1) is 0 Å². The molecular formula is C23H25NO4S. The summed E-state index contributed by atoms with van der Waals surface area (Å²) in [5.74, 6) is 0.468. The number of nitrogens with one attached hydrogen (secondary N) is 1. The van der Waals surface area contributed by atoms with Crippen LogP contribution in [0.1, 0.15) is 31.9 Å². The number of amides is 1. The van der Waals surface area contributed by atoms with Gasteiger partial charge in [-0.15, -0.1) is 0 Å². The second-order valence-electron chi connectivity index (χ2n) is 7.06. The van der Waals surface area contributed by atoms with Gasteiger partial charge in [-0.3, -0.25) is 4.79 Å². The average Bonchev–Trinajstić information content (AvgIpc) is 2.71. The van der Waals surface area contributed by atoms with Crippen molar-refractivity contribution >= 4 is 26.5 Å². The Hall–Kier alpha value is -2.86. The van der Waals surface area contributed by atoms with Gasteiger partial charge in [0.1, 0.15) is 5.75 Å². The number of ether oxygens (including phenoxy) is 1. The Morgan fingerprint density at radius 3 is 2.31 bits per heavy atom. The van der Waals surface area contributed by atoms with Crippen LogP contribution in [0.3, 0.4) is 0 Å². The van der Waals surface area contributed by atoms with Crippen LogP contribution in [-0.2, 0) is 14.6 Å². The van der Waals surface area contributed by atoms with E-state index in [0.717, 1.165) is 16.3 Å². The van der Waals surface area contributed by atoms with E-state index < -0.39 is 15.9 Å². The summed E-state index contributed by atoms with van der Waals surface area (Å²) < 4.78 is 29.2. The molecule has 0 unspecified atom stereocenters. The topological polar surface area (TPSA) is 72.5 Å². The van der Waals surface area contributed by atoms with Gasteiger partial charge in [0.15, 0.2) is 15.9 Å². The minimum atomic E-state index is -3.25. The average molecular weight is 412 g/mol. The highest BCUT2D eigenvalue weighted by molar-refractivity contribution is 7.90. The molecule has 0 spiro atoms. The van der Waals surface area contributed by atoms with Gasteiger partial charge in [0.2, 0.25) is 0 Å². The van der Waals surface area contributed by atoms with Gasteiger partial charge >= 0.3 is 0 Å². The summed E-state index contributed by atoms with van der Waals surface area (Å²) >= 11 is 0. The third-order valence-corrected chi connectivity index (χ3v) is 5.98. The van der Waals surface area contributed by atoms with E-state index in [4.69, 9.17) is 4.74 Å². The Morgan fingerprint density at radius 1 is 1.00 bits per heavy atom. The zero-order valence-corrected chi connectivity index (χ0v) is 17.6. The number of carbonyl (C=O) groups excluding carboxylic acids is 1. The van der Waals surface area contributed by atoms with Crippen LogP contribution in [0.5, 0.6) is 5.75 Å². The van der Waals surface area contributed by atoms with E-state index in [1.165, 1.54) is 6.26 Å². The molecule has 3 aromatic rings. The molecule has 0 aromatic heterocycles. The maximum atomic E-state index is 12.8. The van der Waals surface area contributed by atoms with Crippen molar-refractivity contribution < 1.29 is 17.9 Å². The summed E-state index contributed by atoms with van der Waals surface area (Å²) in [6.45, 7) is 3.76. The van der Waals surface area contributed by atoms with Crippen molar-refractivity contribution in [3.8, 4) is 5.75 Å². The fourth-order valence-electron chi connectivity index (χ4n) is 3.17. The monoisotopic (exact) mass is 411 g/mol. The van der Waals surface area contributed by atoms with E-state index in [1.54, 1.807) is 24.3 Å². The quantitative estimate of drug-likeness (QED) is 0.630. The first kappa shape index (κ1) is 20.9. The predicted octanol–water partition coefficient (Wildman–Crippen LogP) is 4.28. The van der Waals surface area contributed by atoms with Crippen LogP contribution in [0.4, 0.5) is 0 Å². The minimum Gasteiger partial charge on any atom is -0.480 e. The van der Waals surface area contributed by atoms with Crippen molar-refractivity contribution in [1.29, 1.82) is 0 Å². The predicted molar refractivity (Wildman–Crippen MR) is 115 cm³/mol. The van der Waals surface area contributed by atoms with Crippen LogP contribution in [0.15, 0.2) is 71.6 Å². The second-order valence-corrected chi connectivity index (χ2v) is 9.08. The Balaban J connectivity index is 1.72. The third kappa shape index (κ3) is 4.95. The first-order chi connectivity index (χ1) is 13.8. The molecule has 1 amide bonds. The molecule has 0 aliphatic carbocycles. The van der Waals surface area contributed by atoms with E-state index in [2.05, 4.69) is 5.32 Å². The normalized spacial score (nSPS) is 13.6. The molecule has 0 radical (unpaired) electrons. The van der Waals surface area contributed by atoms with Crippen molar-refractivity contribution in [2.45, 2.75) is 37.3 Å². The minimum absolute atomic E-state index is 0.208. The lowest BCUT2D eigenvalue weighted by molar-refractivity contribution is -0.128. The maximum absolute atomic E-state index is 12.8. The van der Waals surface area contributed by atoms with Crippen molar-refractivity contribution in [2.24, 2.45) is 0 Å². The van der Waals surface area contributed by atoms with Gasteiger partial charge in [0.25, 0.3) is 5.91 Å². The van der Waals surface area contributed by atoms with Crippen LogP contribution in [-0.4, -0.2) is 26.7 Å². The molecule has 3 aromatic carbocycles. The number of rotatable bonds is 7. The number of sulfone groups is 1. The summed E-state index contributed by atoms with van der Waals surface area (Å²) in [6.07, 6.45) is 1.07. The summed E-state index contributed by atoms with van der Waals surface area (Å²) in [6, 6.07) is 19.9.